The molecule has 7 heteroatoms. The molecule has 166 valence electrons. The Hall–Kier alpha value is -3.45. The third-order valence-corrected chi connectivity index (χ3v) is 6.04. The summed E-state index contributed by atoms with van der Waals surface area (Å²) in [5.41, 5.74) is 9.09. The lowest BCUT2D eigenvalue weighted by Crippen LogP contribution is -2.40. The van der Waals surface area contributed by atoms with Crippen LogP contribution >= 0.6 is 0 Å². The molecule has 3 aromatic rings. The number of hydrogen-bond donors (Lipinski definition) is 3. The highest BCUT2D eigenvalue weighted by Gasteiger charge is 2.24. The lowest BCUT2D eigenvalue weighted by Gasteiger charge is -2.32. The monoisotopic (exact) mass is 432 g/mol. The molecule has 4 N–H and O–H groups in total. The average Bonchev–Trinajstić information content (AvgIpc) is 2.80. The lowest BCUT2D eigenvalue weighted by atomic mass is 9.94. The topological polar surface area (TPSA) is 112 Å². The van der Waals surface area contributed by atoms with Crippen LogP contribution in [0.2, 0.25) is 0 Å². The molecule has 1 amide bonds. The number of nitrogens with one attached hydrogen (secondary N) is 1. The number of piperidine rings is 1. The molecule has 0 aliphatic carbocycles. The first-order valence-corrected chi connectivity index (χ1v) is 11.0. The quantitative estimate of drug-likeness (QED) is 0.573. The smallest absolute Gasteiger partial charge is 0.345 e. The maximum atomic E-state index is 13.1. The van der Waals surface area contributed by atoms with Crippen molar-refractivity contribution in [1.29, 1.82) is 0 Å². The Balaban J connectivity index is 1.63. The first kappa shape index (κ1) is 21.8. The van der Waals surface area contributed by atoms with Crippen LogP contribution in [0.1, 0.15) is 35.2 Å². The number of likely N-dealkylation sites (tertiary alicyclic amines) is 1. The molecule has 1 unspecified atom stereocenters. The molecule has 0 bridgehead atoms. The second-order valence-electron chi connectivity index (χ2n) is 8.40. The molecule has 1 aliphatic heterocycles. The summed E-state index contributed by atoms with van der Waals surface area (Å²) in [5.74, 6) is 0.641. The van der Waals surface area contributed by atoms with Crippen LogP contribution in [0.5, 0.6) is 5.75 Å². The molecule has 2 heterocycles. The van der Waals surface area contributed by atoms with Gasteiger partial charge in [-0.2, -0.15) is 4.98 Å². The summed E-state index contributed by atoms with van der Waals surface area (Å²) in [6, 6.07) is 14.2. The van der Waals surface area contributed by atoms with Crippen molar-refractivity contribution in [2.75, 3.05) is 19.6 Å². The van der Waals surface area contributed by atoms with Crippen LogP contribution in [-0.2, 0) is 0 Å². The maximum absolute atomic E-state index is 13.1. The van der Waals surface area contributed by atoms with Crippen LogP contribution in [0.25, 0.3) is 22.5 Å². The third kappa shape index (κ3) is 4.73. The lowest BCUT2D eigenvalue weighted by molar-refractivity contribution is 0.0669. The van der Waals surface area contributed by atoms with Crippen molar-refractivity contribution >= 4 is 5.91 Å². The van der Waals surface area contributed by atoms with E-state index in [1.807, 2.05) is 17.0 Å². The number of aromatic amines is 1. The first-order valence-electron chi connectivity index (χ1n) is 11.0. The number of benzene rings is 2. The predicted molar refractivity (Wildman–Crippen MR) is 124 cm³/mol. The van der Waals surface area contributed by atoms with Gasteiger partial charge in [-0.1, -0.05) is 12.1 Å². The number of aromatic hydroxyl groups is 1. The van der Waals surface area contributed by atoms with Gasteiger partial charge in [0.1, 0.15) is 5.75 Å². The number of phenols is 1. The normalized spacial score (nSPS) is 16.2. The molecule has 1 aliphatic rings. The van der Waals surface area contributed by atoms with Crippen molar-refractivity contribution in [2.45, 2.75) is 26.2 Å². The summed E-state index contributed by atoms with van der Waals surface area (Å²) in [6.07, 6.45) is 3.03. The van der Waals surface area contributed by atoms with E-state index in [1.54, 1.807) is 43.3 Å². The molecule has 7 nitrogen and oxygen atoms in total. The van der Waals surface area contributed by atoms with E-state index in [0.29, 0.717) is 40.5 Å². The van der Waals surface area contributed by atoms with Crippen molar-refractivity contribution < 1.29 is 9.90 Å². The highest BCUT2D eigenvalue weighted by molar-refractivity contribution is 5.95. The fraction of sp³-hybridized carbons (Fsp3) is 0.320. The molecule has 1 fully saturated rings. The molecular weight excluding hydrogens is 404 g/mol. The summed E-state index contributed by atoms with van der Waals surface area (Å²) in [5, 5.41) is 9.79. The number of hydrogen-bond acceptors (Lipinski definition) is 5. The minimum absolute atomic E-state index is 0.00667. The van der Waals surface area contributed by atoms with Gasteiger partial charge in [-0.05, 0) is 86.2 Å². The van der Waals surface area contributed by atoms with Crippen LogP contribution in [0, 0.1) is 12.8 Å². The van der Waals surface area contributed by atoms with Crippen molar-refractivity contribution in [2.24, 2.45) is 11.7 Å². The van der Waals surface area contributed by atoms with Gasteiger partial charge in [0.25, 0.3) is 5.91 Å². The highest BCUT2D eigenvalue weighted by Crippen LogP contribution is 2.27. The van der Waals surface area contributed by atoms with E-state index in [-0.39, 0.29) is 11.7 Å². The molecule has 2 aromatic carbocycles. The molecule has 0 spiro atoms. The summed E-state index contributed by atoms with van der Waals surface area (Å²) in [6.45, 7) is 3.91. The van der Waals surface area contributed by atoms with Gasteiger partial charge in [-0.15, -0.1) is 0 Å². The Morgan fingerprint density at radius 2 is 2.06 bits per heavy atom. The Morgan fingerprint density at radius 1 is 1.22 bits per heavy atom. The van der Waals surface area contributed by atoms with Crippen LogP contribution in [0.15, 0.2) is 53.3 Å². The number of nitrogens with two attached hydrogens (primary N) is 1. The fourth-order valence-electron chi connectivity index (χ4n) is 4.30. The number of rotatable bonds is 5. The van der Waals surface area contributed by atoms with Gasteiger partial charge in [-0.25, -0.2) is 4.79 Å². The molecular formula is C25H28N4O3. The minimum Gasteiger partial charge on any atom is -0.508 e. The zero-order chi connectivity index (χ0) is 22.7. The minimum atomic E-state index is -0.472. The number of carbonyl (C=O) groups is 1. The summed E-state index contributed by atoms with van der Waals surface area (Å²) in [4.78, 5) is 34.2. The van der Waals surface area contributed by atoms with Gasteiger partial charge < -0.3 is 20.7 Å². The fourth-order valence-corrected chi connectivity index (χ4v) is 4.30. The molecule has 32 heavy (non-hydrogen) atoms. The van der Waals surface area contributed by atoms with Gasteiger partial charge in [-0.3, -0.25) is 4.79 Å². The number of nitrogens with zero attached hydrogens (tertiary/aromatic N) is 2. The van der Waals surface area contributed by atoms with Crippen LogP contribution in [0.4, 0.5) is 0 Å². The Bertz CT molecular complexity index is 1190. The largest absolute Gasteiger partial charge is 0.508 e. The predicted octanol–water partition coefficient (Wildman–Crippen LogP) is 3.32. The number of aryl methyl sites for hydroxylation is 1. The number of H-pyrrole nitrogens is 1. The summed E-state index contributed by atoms with van der Waals surface area (Å²) < 4.78 is 0. The van der Waals surface area contributed by atoms with Gasteiger partial charge in [0.05, 0.1) is 11.4 Å². The van der Waals surface area contributed by atoms with E-state index < -0.39 is 5.69 Å². The van der Waals surface area contributed by atoms with E-state index >= 15 is 0 Å². The number of amides is 1. The van der Waals surface area contributed by atoms with Gasteiger partial charge in [0, 0.05) is 24.2 Å². The number of aromatic nitrogens is 2. The molecule has 0 saturated carbocycles. The van der Waals surface area contributed by atoms with Gasteiger partial charge in [0.2, 0.25) is 0 Å². The third-order valence-electron chi connectivity index (χ3n) is 6.04. The van der Waals surface area contributed by atoms with Crippen molar-refractivity contribution in [3.05, 3.63) is 70.1 Å². The van der Waals surface area contributed by atoms with Crippen LogP contribution in [0.3, 0.4) is 0 Å². The zero-order valence-corrected chi connectivity index (χ0v) is 18.2. The van der Waals surface area contributed by atoms with Crippen LogP contribution in [-0.4, -0.2) is 45.5 Å². The summed E-state index contributed by atoms with van der Waals surface area (Å²) >= 11 is 0. The number of phenolic OH excluding ortho intramolecular Hbond substituents is 1. The number of carbonyl (C=O) groups excluding carboxylic acids is 1. The second-order valence-corrected chi connectivity index (χ2v) is 8.40. The Kier molecular flexibility index (Phi) is 6.37. The highest BCUT2D eigenvalue weighted by atomic mass is 16.3. The van der Waals surface area contributed by atoms with E-state index in [1.165, 1.54) is 0 Å². The Morgan fingerprint density at radius 3 is 2.84 bits per heavy atom. The zero-order valence-electron chi connectivity index (χ0n) is 18.2. The van der Waals surface area contributed by atoms with Crippen molar-refractivity contribution in [1.82, 2.24) is 14.9 Å². The van der Waals surface area contributed by atoms with Crippen molar-refractivity contribution in [3.8, 4) is 28.3 Å². The van der Waals surface area contributed by atoms with Crippen molar-refractivity contribution in [3.63, 3.8) is 0 Å². The molecule has 4 rings (SSSR count). The van der Waals surface area contributed by atoms with E-state index in [0.717, 1.165) is 37.9 Å². The maximum Gasteiger partial charge on any atom is 0.345 e. The second kappa shape index (κ2) is 9.36. The average molecular weight is 433 g/mol. The SMILES string of the molecule is Cc1cc(-c2cc(-c3cccc(C(=O)N4CCCC(CCN)C4)c3)nc(=O)[nH]2)ccc1O. The molecule has 1 aromatic heterocycles. The van der Waals surface area contributed by atoms with E-state index in [2.05, 4.69) is 9.97 Å². The standard InChI is InChI=1S/C25H28N4O3/c1-16-12-19(7-8-23(16)30)22-14-21(27-25(32)28-22)18-5-2-6-20(13-18)24(31)29-11-3-4-17(15-29)9-10-26/h2,5-8,12-14,17,30H,3-4,9-11,15,26H2,1H3,(H,27,28,32). The van der Waals surface area contributed by atoms with E-state index in [9.17, 15) is 14.7 Å². The molecule has 1 atom stereocenters. The molecule has 0 radical (unpaired) electrons. The molecule has 1 saturated heterocycles. The van der Waals surface area contributed by atoms with Crippen LogP contribution < -0.4 is 11.4 Å². The van der Waals surface area contributed by atoms with E-state index in [4.69, 9.17) is 5.73 Å². The summed E-state index contributed by atoms with van der Waals surface area (Å²) in [7, 11) is 0. The first-order chi connectivity index (χ1) is 15.4. The van der Waals surface area contributed by atoms with Gasteiger partial charge >= 0.3 is 5.69 Å². The van der Waals surface area contributed by atoms with Gasteiger partial charge in [0.15, 0.2) is 0 Å². The Labute approximate surface area is 186 Å².